The van der Waals surface area contributed by atoms with E-state index in [2.05, 4.69) is 29.4 Å². The first-order chi connectivity index (χ1) is 9.33. The van der Waals surface area contributed by atoms with Crippen LogP contribution in [0.5, 0.6) is 0 Å². The van der Waals surface area contributed by atoms with E-state index in [9.17, 15) is 0 Å². The van der Waals surface area contributed by atoms with Crippen molar-refractivity contribution in [3.05, 3.63) is 35.9 Å². The van der Waals surface area contributed by atoms with Gasteiger partial charge in [-0.15, -0.1) is 0 Å². The molecule has 0 saturated heterocycles. The van der Waals surface area contributed by atoms with Crippen LogP contribution in [0.3, 0.4) is 0 Å². The van der Waals surface area contributed by atoms with Gasteiger partial charge in [-0.3, -0.25) is 0 Å². The van der Waals surface area contributed by atoms with E-state index in [0.29, 0.717) is 11.8 Å². The minimum absolute atomic E-state index is 0.370. The first-order valence-electron chi connectivity index (χ1n) is 7.15. The van der Waals surface area contributed by atoms with Gasteiger partial charge in [0.15, 0.2) is 0 Å². The highest BCUT2D eigenvalue weighted by Crippen LogP contribution is 2.33. The molecule has 3 rings (SSSR count). The number of rotatable bonds is 2. The molecule has 2 N–H and O–H groups in total. The lowest BCUT2D eigenvalue weighted by Gasteiger charge is -2.15. The summed E-state index contributed by atoms with van der Waals surface area (Å²) in [6.07, 6.45) is 8.10. The number of nitrogen functional groups attached to an aromatic ring is 1. The Hall–Kier alpha value is -1.77. The lowest BCUT2D eigenvalue weighted by molar-refractivity contribution is 0.439. The van der Waals surface area contributed by atoms with Crippen molar-refractivity contribution in [2.45, 2.75) is 44.4 Å². The Morgan fingerprint density at radius 1 is 1.05 bits per heavy atom. The van der Waals surface area contributed by atoms with E-state index in [-0.39, 0.29) is 0 Å². The number of nitrogens with two attached hydrogens (primary N) is 1. The molecular weight excluding hydrogens is 236 g/mol. The molecule has 1 fully saturated rings. The van der Waals surface area contributed by atoms with Crippen molar-refractivity contribution in [3.63, 3.8) is 0 Å². The quantitative estimate of drug-likeness (QED) is 0.812. The van der Waals surface area contributed by atoms with Crippen LogP contribution in [0.25, 0.3) is 11.3 Å². The second-order valence-electron chi connectivity index (χ2n) is 5.43. The normalized spacial score (nSPS) is 17.3. The SMILES string of the molecule is Nc1cc(-c2cccc(C3CCCCCC3)c2)no1. The zero-order valence-corrected chi connectivity index (χ0v) is 11.1. The number of hydrogen-bond acceptors (Lipinski definition) is 3. The van der Waals surface area contributed by atoms with E-state index in [0.717, 1.165) is 11.3 Å². The highest BCUT2D eigenvalue weighted by molar-refractivity contribution is 5.62. The monoisotopic (exact) mass is 256 g/mol. The number of aromatic nitrogens is 1. The first-order valence-corrected chi connectivity index (χ1v) is 7.15. The molecule has 0 radical (unpaired) electrons. The zero-order chi connectivity index (χ0) is 13.1. The molecular formula is C16H20N2O. The minimum atomic E-state index is 0.370. The van der Waals surface area contributed by atoms with Crippen molar-refractivity contribution in [1.29, 1.82) is 0 Å². The van der Waals surface area contributed by atoms with E-state index >= 15 is 0 Å². The Labute approximate surface area is 113 Å². The average Bonchev–Trinajstić information content (AvgIpc) is 2.71. The Bertz CT molecular complexity index is 539. The van der Waals surface area contributed by atoms with Gasteiger partial charge in [0.25, 0.3) is 0 Å². The number of nitrogens with zero attached hydrogens (tertiary/aromatic N) is 1. The fourth-order valence-corrected chi connectivity index (χ4v) is 2.99. The van der Waals surface area contributed by atoms with Gasteiger partial charge in [0.2, 0.25) is 5.88 Å². The van der Waals surface area contributed by atoms with Crippen LogP contribution in [0.2, 0.25) is 0 Å². The van der Waals surface area contributed by atoms with E-state index in [1.165, 1.54) is 44.1 Å². The molecule has 19 heavy (non-hydrogen) atoms. The third-order valence-electron chi connectivity index (χ3n) is 4.04. The maximum atomic E-state index is 5.59. The average molecular weight is 256 g/mol. The summed E-state index contributed by atoms with van der Waals surface area (Å²) in [6.45, 7) is 0. The molecule has 0 spiro atoms. The molecule has 1 aromatic carbocycles. The Morgan fingerprint density at radius 3 is 2.53 bits per heavy atom. The second kappa shape index (κ2) is 5.47. The smallest absolute Gasteiger partial charge is 0.222 e. The fourth-order valence-electron chi connectivity index (χ4n) is 2.99. The van der Waals surface area contributed by atoms with E-state index in [1.807, 2.05) is 0 Å². The first kappa shape index (κ1) is 12.3. The van der Waals surface area contributed by atoms with Crippen LogP contribution in [0, 0.1) is 0 Å². The molecule has 2 aromatic rings. The van der Waals surface area contributed by atoms with Crippen molar-refractivity contribution < 1.29 is 4.52 Å². The van der Waals surface area contributed by atoms with Crippen LogP contribution in [0.15, 0.2) is 34.9 Å². The Morgan fingerprint density at radius 2 is 1.84 bits per heavy atom. The summed E-state index contributed by atoms with van der Waals surface area (Å²) in [4.78, 5) is 0. The fraction of sp³-hybridized carbons (Fsp3) is 0.438. The Balaban J connectivity index is 1.86. The largest absolute Gasteiger partial charge is 0.368 e. The van der Waals surface area contributed by atoms with Gasteiger partial charge in [-0.25, -0.2) is 0 Å². The van der Waals surface area contributed by atoms with Crippen molar-refractivity contribution in [2.75, 3.05) is 5.73 Å². The molecule has 0 aliphatic heterocycles. The molecule has 1 aromatic heterocycles. The molecule has 1 saturated carbocycles. The molecule has 0 unspecified atom stereocenters. The highest BCUT2D eigenvalue weighted by Gasteiger charge is 2.15. The molecule has 1 aliphatic rings. The maximum absolute atomic E-state index is 5.59. The zero-order valence-electron chi connectivity index (χ0n) is 11.1. The van der Waals surface area contributed by atoms with Crippen LogP contribution in [0.1, 0.15) is 50.0 Å². The topological polar surface area (TPSA) is 52.0 Å². The van der Waals surface area contributed by atoms with Gasteiger partial charge < -0.3 is 10.3 Å². The van der Waals surface area contributed by atoms with E-state index < -0.39 is 0 Å². The summed E-state index contributed by atoms with van der Waals surface area (Å²) in [7, 11) is 0. The molecule has 3 heteroatoms. The van der Waals surface area contributed by atoms with Gasteiger partial charge in [0, 0.05) is 11.6 Å². The van der Waals surface area contributed by atoms with Gasteiger partial charge >= 0.3 is 0 Å². The molecule has 1 heterocycles. The van der Waals surface area contributed by atoms with Crippen LogP contribution in [-0.4, -0.2) is 5.16 Å². The van der Waals surface area contributed by atoms with Crippen LogP contribution in [0.4, 0.5) is 5.88 Å². The van der Waals surface area contributed by atoms with Crippen LogP contribution >= 0.6 is 0 Å². The van der Waals surface area contributed by atoms with Crippen molar-refractivity contribution in [1.82, 2.24) is 5.16 Å². The molecule has 0 amide bonds. The summed E-state index contributed by atoms with van der Waals surface area (Å²) in [5, 5.41) is 3.99. The van der Waals surface area contributed by atoms with Crippen LogP contribution in [-0.2, 0) is 0 Å². The summed E-state index contributed by atoms with van der Waals surface area (Å²) < 4.78 is 4.95. The minimum Gasteiger partial charge on any atom is -0.368 e. The van der Waals surface area contributed by atoms with Gasteiger partial charge in [-0.1, -0.05) is 49.0 Å². The summed E-state index contributed by atoms with van der Waals surface area (Å²) >= 11 is 0. The molecule has 1 aliphatic carbocycles. The molecule has 100 valence electrons. The highest BCUT2D eigenvalue weighted by atomic mass is 16.5. The molecule has 0 bridgehead atoms. The number of benzene rings is 1. The predicted molar refractivity (Wildman–Crippen MR) is 76.8 cm³/mol. The molecule has 0 atom stereocenters. The Kier molecular flexibility index (Phi) is 3.53. The van der Waals surface area contributed by atoms with E-state index in [4.69, 9.17) is 10.3 Å². The lowest BCUT2D eigenvalue weighted by atomic mass is 9.90. The van der Waals surface area contributed by atoms with Crippen molar-refractivity contribution in [3.8, 4) is 11.3 Å². The summed E-state index contributed by atoms with van der Waals surface area (Å²) in [5.41, 5.74) is 8.95. The number of anilines is 1. The summed E-state index contributed by atoms with van der Waals surface area (Å²) in [6, 6.07) is 10.4. The van der Waals surface area contributed by atoms with Gasteiger partial charge in [0.05, 0.1) is 0 Å². The maximum Gasteiger partial charge on any atom is 0.222 e. The predicted octanol–water partition coefficient (Wildman–Crippen LogP) is 4.36. The second-order valence-corrected chi connectivity index (χ2v) is 5.43. The third-order valence-corrected chi connectivity index (χ3v) is 4.04. The standard InChI is InChI=1S/C16H20N2O/c17-16-11-15(18-19-16)14-9-5-8-13(10-14)12-6-3-1-2-4-7-12/h5,8-12H,1-4,6-7,17H2. The third kappa shape index (κ3) is 2.80. The van der Waals surface area contributed by atoms with Crippen LogP contribution < -0.4 is 5.73 Å². The van der Waals surface area contributed by atoms with Gasteiger partial charge in [0.1, 0.15) is 5.69 Å². The molecule has 3 nitrogen and oxygen atoms in total. The lowest BCUT2D eigenvalue weighted by Crippen LogP contribution is -1.97. The van der Waals surface area contributed by atoms with Crippen molar-refractivity contribution in [2.24, 2.45) is 0 Å². The van der Waals surface area contributed by atoms with Crippen molar-refractivity contribution >= 4 is 5.88 Å². The van der Waals surface area contributed by atoms with Gasteiger partial charge in [-0.2, -0.15) is 0 Å². The van der Waals surface area contributed by atoms with Gasteiger partial charge in [-0.05, 0) is 30.4 Å². The number of hydrogen-bond donors (Lipinski definition) is 1. The van der Waals surface area contributed by atoms with E-state index in [1.54, 1.807) is 6.07 Å². The summed E-state index contributed by atoms with van der Waals surface area (Å²) in [5.74, 6) is 1.07.